The van der Waals surface area contributed by atoms with E-state index in [2.05, 4.69) is 91.0 Å². The first-order valence-electron chi connectivity index (χ1n) is 16.8. The number of nitriles is 1. The molecule has 0 amide bonds. The van der Waals surface area contributed by atoms with Gasteiger partial charge in [0.15, 0.2) is 17.5 Å². The molecular formula is C42H32N4S. The zero-order chi connectivity index (χ0) is 31.1. The van der Waals surface area contributed by atoms with Gasteiger partial charge in [0.05, 0.1) is 11.6 Å². The third-order valence-electron chi connectivity index (χ3n) is 11.3. The number of hydrogen-bond acceptors (Lipinski definition) is 5. The van der Waals surface area contributed by atoms with Crippen molar-refractivity contribution in [2.24, 2.45) is 17.8 Å². The van der Waals surface area contributed by atoms with Crippen LogP contribution in [0.25, 0.3) is 65.1 Å². The van der Waals surface area contributed by atoms with Crippen molar-refractivity contribution in [1.82, 2.24) is 15.0 Å². The quantitative estimate of drug-likeness (QED) is 0.195. The molecule has 4 aliphatic rings. The molecule has 47 heavy (non-hydrogen) atoms. The summed E-state index contributed by atoms with van der Waals surface area (Å²) in [5.74, 6) is 4.77. The number of benzene rings is 5. The van der Waals surface area contributed by atoms with Gasteiger partial charge >= 0.3 is 0 Å². The summed E-state index contributed by atoms with van der Waals surface area (Å²) in [7, 11) is 0. The largest absolute Gasteiger partial charge is 0.208 e. The van der Waals surface area contributed by atoms with Crippen LogP contribution >= 0.6 is 11.3 Å². The molecule has 2 aromatic heterocycles. The summed E-state index contributed by atoms with van der Waals surface area (Å²) in [4.78, 5) is 15.3. The highest BCUT2D eigenvalue weighted by Crippen LogP contribution is 2.60. The van der Waals surface area contributed by atoms with Gasteiger partial charge in [0.25, 0.3) is 0 Å². The SMILES string of the molecule is N#Cc1ccc2sc3ccc(-c4nc(-c5ccc(C67CC8CC(CC(C8)C6)C7)cc5)nc(-c5ccc6ccccc6c5)n4)cc3c2c1. The van der Waals surface area contributed by atoms with E-state index in [1.165, 1.54) is 58.9 Å². The summed E-state index contributed by atoms with van der Waals surface area (Å²) in [6.07, 6.45) is 8.43. The minimum atomic E-state index is 0.359. The van der Waals surface area contributed by atoms with E-state index >= 15 is 0 Å². The maximum atomic E-state index is 9.56. The average Bonchev–Trinajstić information content (AvgIpc) is 3.48. The lowest BCUT2D eigenvalue weighted by Gasteiger charge is -2.57. The first-order chi connectivity index (χ1) is 23.1. The van der Waals surface area contributed by atoms with Crippen LogP contribution in [0.1, 0.15) is 49.7 Å². The predicted octanol–water partition coefficient (Wildman–Crippen LogP) is 10.7. The van der Waals surface area contributed by atoms with Gasteiger partial charge in [-0.05, 0) is 120 Å². The Morgan fingerprint density at radius 2 is 1.13 bits per heavy atom. The molecule has 11 rings (SSSR count). The van der Waals surface area contributed by atoms with Crippen molar-refractivity contribution in [1.29, 1.82) is 5.26 Å². The molecule has 0 radical (unpaired) electrons. The summed E-state index contributed by atoms with van der Waals surface area (Å²) in [5.41, 5.74) is 5.47. The fourth-order valence-electron chi connectivity index (χ4n) is 9.51. The maximum absolute atomic E-state index is 9.56. The van der Waals surface area contributed by atoms with Crippen LogP contribution in [-0.4, -0.2) is 15.0 Å². The van der Waals surface area contributed by atoms with Crippen molar-refractivity contribution in [3.63, 3.8) is 0 Å². The van der Waals surface area contributed by atoms with Crippen molar-refractivity contribution in [3.8, 4) is 40.2 Å². The zero-order valence-electron chi connectivity index (χ0n) is 26.0. The van der Waals surface area contributed by atoms with Gasteiger partial charge in [-0.2, -0.15) is 5.26 Å². The van der Waals surface area contributed by atoms with Gasteiger partial charge in [-0.3, -0.25) is 0 Å². The normalized spacial score (nSPS) is 23.1. The smallest absolute Gasteiger partial charge is 0.164 e. The molecule has 4 aliphatic carbocycles. The van der Waals surface area contributed by atoms with Crippen LogP contribution < -0.4 is 0 Å². The summed E-state index contributed by atoms with van der Waals surface area (Å²) in [6.45, 7) is 0. The summed E-state index contributed by atoms with van der Waals surface area (Å²) < 4.78 is 2.35. The van der Waals surface area contributed by atoms with Gasteiger partial charge in [0.1, 0.15) is 0 Å². The minimum absolute atomic E-state index is 0.359. The molecule has 226 valence electrons. The maximum Gasteiger partial charge on any atom is 0.164 e. The van der Waals surface area contributed by atoms with Gasteiger partial charge in [-0.15, -0.1) is 11.3 Å². The van der Waals surface area contributed by atoms with Crippen LogP contribution in [0.15, 0.2) is 103 Å². The van der Waals surface area contributed by atoms with Gasteiger partial charge in [0.2, 0.25) is 0 Å². The monoisotopic (exact) mass is 624 g/mol. The molecule has 0 atom stereocenters. The highest BCUT2D eigenvalue weighted by Gasteiger charge is 2.51. The van der Waals surface area contributed by atoms with Crippen molar-refractivity contribution in [3.05, 3.63) is 114 Å². The lowest BCUT2D eigenvalue weighted by molar-refractivity contribution is -0.00518. The lowest BCUT2D eigenvalue weighted by atomic mass is 9.48. The molecule has 0 N–H and O–H groups in total. The molecule has 4 nitrogen and oxygen atoms in total. The summed E-state index contributed by atoms with van der Waals surface area (Å²) >= 11 is 1.74. The number of fused-ring (bicyclic) bond motifs is 4. The highest BCUT2D eigenvalue weighted by molar-refractivity contribution is 7.25. The van der Waals surface area contributed by atoms with Crippen LogP contribution in [0.5, 0.6) is 0 Å². The second-order valence-electron chi connectivity index (χ2n) is 14.3. The third kappa shape index (κ3) is 4.50. The van der Waals surface area contributed by atoms with Crippen LogP contribution in [0.4, 0.5) is 0 Å². The highest BCUT2D eigenvalue weighted by atomic mass is 32.1. The Morgan fingerprint density at radius 1 is 0.574 bits per heavy atom. The van der Waals surface area contributed by atoms with Crippen molar-refractivity contribution in [2.75, 3.05) is 0 Å². The molecule has 0 aliphatic heterocycles. The number of hydrogen-bond donors (Lipinski definition) is 0. The molecule has 4 saturated carbocycles. The first kappa shape index (κ1) is 27.2. The number of aromatic nitrogens is 3. The Kier molecular flexibility index (Phi) is 5.96. The third-order valence-corrected chi connectivity index (χ3v) is 12.4. The van der Waals surface area contributed by atoms with Crippen LogP contribution in [-0.2, 0) is 5.41 Å². The second kappa shape index (κ2) is 10.3. The van der Waals surface area contributed by atoms with E-state index in [4.69, 9.17) is 15.0 Å². The molecular weight excluding hydrogens is 593 g/mol. The Hall–Kier alpha value is -4.92. The van der Waals surface area contributed by atoms with Crippen LogP contribution in [0.2, 0.25) is 0 Å². The molecule has 7 aromatic rings. The number of thiophene rings is 1. The summed E-state index contributed by atoms with van der Waals surface area (Å²) in [6, 6.07) is 38.7. The van der Waals surface area contributed by atoms with Gasteiger partial charge in [-0.25, -0.2) is 15.0 Å². The van der Waals surface area contributed by atoms with E-state index in [0.717, 1.165) is 50.6 Å². The molecule has 4 bridgehead atoms. The Balaban J connectivity index is 1.10. The zero-order valence-corrected chi connectivity index (χ0v) is 26.8. The van der Waals surface area contributed by atoms with E-state index in [-0.39, 0.29) is 0 Å². The van der Waals surface area contributed by atoms with E-state index in [0.29, 0.717) is 28.5 Å². The van der Waals surface area contributed by atoms with E-state index < -0.39 is 0 Å². The van der Waals surface area contributed by atoms with E-state index in [1.807, 2.05) is 18.2 Å². The first-order valence-corrected chi connectivity index (χ1v) is 17.6. The Labute approximate surface area is 277 Å². The van der Waals surface area contributed by atoms with E-state index in [1.54, 1.807) is 11.3 Å². The number of nitrogens with zero attached hydrogens (tertiary/aromatic N) is 4. The standard InChI is InChI=1S/C42H32N4S/c43-24-25-5-13-37-35(18-25)36-20-33(10-14-38(36)47-37)41-45-39(44-40(46-41)32-7-6-29-3-1-2-4-31(29)19-32)30-8-11-34(12-9-30)42-21-26-15-27(22-42)17-28(16-26)23-42/h1-14,18-20,26-28H,15-17,21-23H2. The van der Waals surface area contributed by atoms with Crippen LogP contribution in [0, 0.1) is 29.1 Å². The van der Waals surface area contributed by atoms with E-state index in [9.17, 15) is 5.26 Å². The van der Waals surface area contributed by atoms with Gasteiger partial charge in [0, 0.05) is 36.9 Å². The van der Waals surface area contributed by atoms with Crippen LogP contribution in [0.3, 0.4) is 0 Å². The molecule has 0 spiro atoms. The lowest BCUT2D eigenvalue weighted by Crippen LogP contribution is -2.48. The molecule has 5 aromatic carbocycles. The predicted molar refractivity (Wildman–Crippen MR) is 191 cm³/mol. The molecule has 0 unspecified atom stereocenters. The van der Waals surface area contributed by atoms with Gasteiger partial charge < -0.3 is 0 Å². The minimum Gasteiger partial charge on any atom is -0.208 e. The number of rotatable bonds is 4. The average molecular weight is 625 g/mol. The second-order valence-corrected chi connectivity index (χ2v) is 15.4. The fraction of sp³-hybridized carbons (Fsp3) is 0.238. The molecule has 5 heteroatoms. The fourth-order valence-corrected chi connectivity index (χ4v) is 10.6. The van der Waals surface area contributed by atoms with Crippen molar-refractivity contribution >= 4 is 42.3 Å². The Bertz CT molecular complexity index is 2380. The van der Waals surface area contributed by atoms with Gasteiger partial charge in [-0.1, -0.05) is 60.7 Å². The van der Waals surface area contributed by atoms with Crippen molar-refractivity contribution in [2.45, 2.75) is 43.9 Å². The molecule has 2 heterocycles. The molecule has 0 saturated heterocycles. The van der Waals surface area contributed by atoms with Crippen molar-refractivity contribution < 1.29 is 0 Å². The topological polar surface area (TPSA) is 62.5 Å². The Morgan fingerprint density at radius 3 is 1.81 bits per heavy atom. The summed E-state index contributed by atoms with van der Waals surface area (Å²) in [5, 5.41) is 14.1. The molecule has 4 fully saturated rings.